The van der Waals surface area contributed by atoms with E-state index in [-0.39, 0.29) is 12.2 Å². The Morgan fingerprint density at radius 1 is 1.58 bits per heavy atom. The molecule has 0 radical (unpaired) electrons. The molecular formula is C6H12O5S. The number of sulfone groups is 1. The lowest BCUT2D eigenvalue weighted by atomic mass is 10.3. The van der Waals surface area contributed by atoms with Crippen molar-refractivity contribution in [3.8, 4) is 0 Å². The van der Waals surface area contributed by atoms with Gasteiger partial charge in [0.1, 0.15) is 9.84 Å². The fourth-order valence-electron chi connectivity index (χ4n) is 0.580. The molecule has 12 heavy (non-hydrogen) atoms. The summed E-state index contributed by atoms with van der Waals surface area (Å²) in [4.78, 5) is 10.6. The Morgan fingerprint density at radius 3 is 2.42 bits per heavy atom. The summed E-state index contributed by atoms with van der Waals surface area (Å²) in [5.41, 5.74) is 0. The third-order valence-corrected chi connectivity index (χ3v) is 2.21. The van der Waals surface area contributed by atoms with Crippen LogP contribution in [0.15, 0.2) is 0 Å². The van der Waals surface area contributed by atoms with Crippen molar-refractivity contribution in [2.45, 2.75) is 12.5 Å². The summed E-state index contributed by atoms with van der Waals surface area (Å²) in [6, 6.07) is 0. The van der Waals surface area contributed by atoms with E-state index in [1.54, 1.807) is 0 Å². The molecule has 0 heterocycles. The molecule has 1 N–H and O–H groups in total. The zero-order chi connectivity index (χ0) is 9.78. The molecule has 0 saturated carbocycles. The van der Waals surface area contributed by atoms with Crippen LogP contribution in [0.5, 0.6) is 0 Å². The highest BCUT2D eigenvalue weighted by molar-refractivity contribution is 7.90. The van der Waals surface area contributed by atoms with Crippen molar-refractivity contribution >= 4 is 15.8 Å². The Bertz CT molecular complexity index is 243. The predicted molar refractivity (Wildman–Crippen MR) is 42.4 cm³/mol. The molecule has 6 heteroatoms. The van der Waals surface area contributed by atoms with E-state index in [0.717, 1.165) is 13.4 Å². The lowest BCUT2D eigenvalue weighted by Gasteiger charge is -2.06. The Morgan fingerprint density at radius 2 is 2.08 bits per heavy atom. The molecule has 0 aromatic carbocycles. The summed E-state index contributed by atoms with van der Waals surface area (Å²) < 4.78 is 25.4. The summed E-state index contributed by atoms with van der Waals surface area (Å²) >= 11 is 0. The predicted octanol–water partition coefficient (Wildman–Crippen LogP) is -1.04. The van der Waals surface area contributed by atoms with Crippen LogP contribution in [0, 0.1) is 0 Å². The summed E-state index contributed by atoms with van der Waals surface area (Å²) in [5.74, 6) is -1.03. The van der Waals surface area contributed by atoms with Gasteiger partial charge in [-0.2, -0.15) is 0 Å². The van der Waals surface area contributed by atoms with Gasteiger partial charge in [0.05, 0.1) is 12.9 Å². The second kappa shape index (κ2) is 4.42. The molecule has 0 spiro atoms. The molecule has 0 bridgehead atoms. The molecule has 0 aliphatic rings. The van der Waals surface area contributed by atoms with E-state index < -0.39 is 21.9 Å². The standard InChI is InChI=1S/C6H12O5S/c1-11-6(8)5(7)3-4-12(2,9)10/h5,7H,3-4H2,1-2H3. The highest BCUT2D eigenvalue weighted by atomic mass is 32.2. The topological polar surface area (TPSA) is 80.7 Å². The number of hydrogen-bond acceptors (Lipinski definition) is 5. The molecule has 0 saturated heterocycles. The first-order valence-corrected chi connectivity index (χ1v) is 5.36. The summed E-state index contributed by atoms with van der Waals surface area (Å²) in [7, 11) is -2.00. The minimum Gasteiger partial charge on any atom is -0.467 e. The van der Waals surface area contributed by atoms with Crippen LogP contribution in [0.2, 0.25) is 0 Å². The van der Waals surface area contributed by atoms with Gasteiger partial charge in [-0.05, 0) is 6.42 Å². The molecule has 1 atom stereocenters. The van der Waals surface area contributed by atoms with Gasteiger partial charge in [-0.15, -0.1) is 0 Å². The molecule has 0 aromatic heterocycles. The average Bonchev–Trinajstić information content (AvgIpc) is 1.97. The molecule has 1 unspecified atom stereocenters. The minimum absolute atomic E-state index is 0.120. The van der Waals surface area contributed by atoms with Crippen LogP contribution < -0.4 is 0 Å². The van der Waals surface area contributed by atoms with Gasteiger partial charge in [-0.25, -0.2) is 13.2 Å². The summed E-state index contributed by atoms with van der Waals surface area (Å²) in [5, 5.41) is 8.94. The maximum absolute atomic E-state index is 10.6. The van der Waals surface area contributed by atoms with E-state index in [2.05, 4.69) is 4.74 Å². The number of hydrogen-bond donors (Lipinski definition) is 1. The maximum Gasteiger partial charge on any atom is 0.334 e. The van der Waals surface area contributed by atoms with Crippen LogP contribution >= 0.6 is 0 Å². The second-order valence-corrected chi connectivity index (χ2v) is 4.72. The van der Waals surface area contributed by atoms with E-state index >= 15 is 0 Å². The van der Waals surface area contributed by atoms with Gasteiger partial charge in [0, 0.05) is 6.26 Å². The van der Waals surface area contributed by atoms with Gasteiger partial charge in [0.15, 0.2) is 6.10 Å². The summed E-state index contributed by atoms with van der Waals surface area (Å²) in [6.07, 6.45) is -0.424. The second-order valence-electron chi connectivity index (χ2n) is 2.46. The molecular weight excluding hydrogens is 184 g/mol. The summed E-state index contributed by atoms with van der Waals surface area (Å²) in [6.45, 7) is 0. The minimum atomic E-state index is -3.13. The Balaban J connectivity index is 3.88. The van der Waals surface area contributed by atoms with Crippen molar-refractivity contribution in [3.05, 3.63) is 0 Å². The normalized spacial score (nSPS) is 13.9. The van der Waals surface area contributed by atoms with Crippen molar-refractivity contribution in [1.29, 1.82) is 0 Å². The van der Waals surface area contributed by atoms with Crippen LogP contribution in [0.3, 0.4) is 0 Å². The van der Waals surface area contributed by atoms with Gasteiger partial charge < -0.3 is 9.84 Å². The average molecular weight is 196 g/mol. The van der Waals surface area contributed by atoms with Gasteiger partial charge >= 0.3 is 5.97 Å². The van der Waals surface area contributed by atoms with Crippen molar-refractivity contribution in [2.24, 2.45) is 0 Å². The number of aliphatic hydroxyl groups is 1. The number of rotatable bonds is 4. The number of ether oxygens (including phenoxy) is 1. The van der Waals surface area contributed by atoms with E-state index in [9.17, 15) is 13.2 Å². The Hall–Kier alpha value is -0.620. The lowest BCUT2D eigenvalue weighted by molar-refractivity contribution is -0.150. The molecule has 5 nitrogen and oxygen atoms in total. The number of carbonyl (C=O) groups is 1. The molecule has 72 valence electrons. The van der Waals surface area contributed by atoms with Crippen LogP contribution in [-0.4, -0.2) is 44.7 Å². The molecule has 0 rings (SSSR count). The SMILES string of the molecule is COC(=O)C(O)CCS(C)(=O)=O. The molecule has 0 amide bonds. The molecule has 0 aromatic rings. The van der Waals surface area contributed by atoms with Gasteiger partial charge in [-0.3, -0.25) is 0 Å². The Kier molecular flexibility index (Phi) is 4.19. The Labute approximate surface area is 71.3 Å². The van der Waals surface area contributed by atoms with Gasteiger partial charge in [0.2, 0.25) is 0 Å². The monoisotopic (exact) mass is 196 g/mol. The molecule has 0 aliphatic carbocycles. The van der Waals surface area contributed by atoms with Gasteiger partial charge in [0.25, 0.3) is 0 Å². The van der Waals surface area contributed by atoms with Crippen molar-refractivity contribution < 1.29 is 23.1 Å². The van der Waals surface area contributed by atoms with E-state index in [1.807, 2.05) is 0 Å². The number of aliphatic hydroxyl groups excluding tert-OH is 1. The third kappa shape index (κ3) is 5.09. The van der Waals surface area contributed by atoms with Gasteiger partial charge in [-0.1, -0.05) is 0 Å². The quantitative estimate of drug-likeness (QED) is 0.580. The number of carbonyl (C=O) groups excluding carboxylic acids is 1. The van der Waals surface area contributed by atoms with Crippen molar-refractivity contribution in [2.75, 3.05) is 19.1 Å². The maximum atomic E-state index is 10.6. The van der Waals surface area contributed by atoms with E-state index in [1.165, 1.54) is 0 Å². The molecule has 0 aliphatic heterocycles. The highest BCUT2D eigenvalue weighted by Gasteiger charge is 2.17. The van der Waals surface area contributed by atoms with Crippen LogP contribution in [0.1, 0.15) is 6.42 Å². The highest BCUT2D eigenvalue weighted by Crippen LogP contribution is 1.97. The van der Waals surface area contributed by atoms with Crippen LogP contribution in [-0.2, 0) is 19.4 Å². The zero-order valence-corrected chi connectivity index (χ0v) is 7.80. The van der Waals surface area contributed by atoms with E-state index in [0.29, 0.717) is 0 Å². The smallest absolute Gasteiger partial charge is 0.334 e. The van der Waals surface area contributed by atoms with Crippen molar-refractivity contribution in [3.63, 3.8) is 0 Å². The van der Waals surface area contributed by atoms with Crippen molar-refractivity contribution in [1.82, 2.24) is 0 Å². The number of methoxy groups -OCH3 is 1. The number of esters is 1. The fraction of sp³-hybridized carbons (Fsp3) is 0.833. The first-order chi connectivity index (χ1) is 5.37. The fourth-order valence-corrected chi connectivity index (χ4v) is 1.23. The van der Waals surface area contributed by atoms with E-state index in [4.69, 9.17) is 5.11 Å². The first kappa shape index (κ1) is 11.4. The lowest BCUT2D eigenvalue weighted by Crippen LogP contribution is -2.24. The largest absolute Gasteiger partial charge is 0.467 e. The van der Waals surface area contributed by atoms with Crippen LogP contribution in [0.25, 0.3) is 0 Å². The molecule has 0 fully saturated rings. The zero-order valence-electron chi connectivity index (χ0n) is 6.98. The third-order valence-electron chi connectivity index (χ3n) is 1.24. The van der Waals surface area contributed by atoms with Crippen LogP contribution in [0.4, 0.5) is 0 Å². The first-order valence-electron chi connectivity index (χ1n) is 3.30.